The molecule has 2 rings (SSSR count). The van der Waals surface area contributed by atoms with Crippen molar-refractivity contribution < 1.29 is 0 Å². The van der Waals surface area contributed by atoms with Crippen molar-refractivity contribution in [2.24, 2.45) is 7.05 Å². The lowest BCUT2D eigenvalue weighted by atomic mass is 10.5. The Labute approximate surface area is 76.2 Å². The molecule has 0 fully saturated rings. The number of H-pyrrole nitrogens is 2. The Kier molecular flexibility index (Phi) is 1.53. The number of hydrogen-bond acceptors (Lipinski definition) is 3. The number of aromatic amines is 2. The van der Waals surface area contributed by atoms with Crippen LogP contribution in [0.1, 0.15) is 0 Å². The zero-order valence-electron chi connectivity index (χ0n) is 6.59. The van der Waals surface area contributed by atoms with Gasteiger partial charge in [0.05, 0.1) is 0 Å². The fraction of sp³-hybridized carbons (Fsp3) is 0.167. The highest BCUT2D eigenvalue weighted by Crippen LogP contribution is 2.05. The van der Waals surface area contributed by atoms with E-state index in [1.807, 2.05) is 0 Å². The fourth-order valence-electron chi connectivity index (χ4n) is 1.03. The van der Waals surface area contributed by atoms with Crippen molar-refractivity contribution in [3.63, 3.8) is 0 Å². The molecule has 13 heavy (non-hydrogen) atoms. The lowest BCUT2D eigenvalue weighted by Crippen LogP contribution is -2.32. The van der Waals surface area contributed by atoms with Crippen LogP contribution in [0.4, 0.5) is 0 Å². The second kappa shape index (κ2) is 2.46. The highest BCUT2D eigenvalue weighted by molar-refractivity contribution is 6.28. The molecule has 0 spiro atoms. The van der Waals surface area contributed by atoms with E-state index in [9.17, 15) is 9.59 Å². The summed E-state index contributed by atoms with van der Waals surface area (Å²) in [6.45, 7) is 0. The van der Waals surface area contributed by atoms with Crippen LogP contribution in [0.15, 0.2) is 9.59 Å². The summed E-state index contributed by atoms with van der Waals surface area (Å²) in [5.41, 5.74) is -0.580. The molecule has 2 N–H and O–H groups in total. The van der Waals surface area contributed by atoms with Crippen LogP contribution in [0.2, 0.25) is 5.28 Å². The molecule has 2 aromatic heterocycles. The fourth-order valence-corrected chi connectivity index (χ4v) is 1.21. The molecule has 0 atom stereocenters. The smallest absolute Gasteiger partial charge is 0.323 e. The van der Waals surface area contributed by atoms with Crippen molar-refractivity contribution in [2.75, 3.05) is 0 Å². The molecular formula is C6H5ClN4O2. The summed E-state index contributed by atoms with van der Waals surface area (Å²) >= 11 is 5.52. The van der Waals surface area contributed by atoms with Crippen LogP contribution in [0.3, 0.4) is 0 Å². The number of hydrogen-bond donors (Lipinski definition) is 2. The van der Waals surface area contributed by atoms with Gasteiger partial charge in [0.15, 0.2) is 11.2 Å². The lowest BCUT2D eigenvalue weighted by molar-refractivity contribution is 0.790. The monoisotopic (exact) mass is 200 g/mol. The molecule has 2 heterocycles. The lowest BCUT2D eigenvalue weighted by Gasteiger charge is -1.92. The predicted molar refractivity (Wildman–Crippen MR) is 47.0 cm³/mol. The zero-order chi connectivity index (χ0) is 9.59. The van der Waals surface area contributed by atoms with Crippen molar-refractivity contribution >= 4 is 22.8 Å². The second-order valence-electron chi connectivity index (χ2n) is 2.55. The average Bonchev–Trinajstić information content (AvgIpc) is 2.42. The van der Waals surface area contributed by atoms with Gasteiger partial charge in [-0.3, -0.25) is 14.3 Å². The van der Waals surface area contributed by atoms with Crippen molar-refractivity contribution in [3.05, 3.63) is 26.1 Å². The SMILES string of the molecule is Cn1c(=O)[nH]c2nc(Cl)[nH]c2c1=O. The van der Waals surface area contributed by atoms with Crippen LogP contribution in [0, 0.1) is 0 Å². The van der Waals surface area contributed by atoms with Gasteiger partial charge in [-0.2, -0.15) is 4.98 Å². The van der Waals surface area contributed by atoms with Gasteiger partial charge in [0, 0.05) is 7.05 Å². The van der Waals surface area contributed by atoms with E-state index in [4.69, 9.17) is 11.6 Å². The number of halogens is 1. The first-order chi connectivity index (χ1) is 6.09. The van der Waals surface area contributed by atoms with Crippen LogP contribution in [0.25, 0.3) is 11.2 Å². The van der Waals surface area contributed by atoms with Gasteiger partial charge in [0.2, 0.25) is 5.28 Å². The second-order valence-corrected chi connectivity index (χ2v) is 2.90. The maximum absolute atomic E-state index is 11.4. The van der Waals surface area contributed by atoms with Gasteiger partial charge in [-0.05, 0) is 11.6 Å². The summed E-state index contributed by atoms with van der Waals surface area (Å²) in [5, 5.41) is 0.0777. The molecule has 6 nitrogen and oxygen atoms in total. The van der Waals surface area contributed by atoms with Gasteiger partial charge in [0.25, 0.3) is 5.56 Å². The van der Waals surface area contributed by atoms with Gasteiger partial charge < -0.3 is 4.98 Å². The molecule has 0 radical (unpaired) electrons. The largest absolute Gasteiger partial charge is 0.329 e. The minimum absolute atomic E-state index is 0.0777. The maximum Gasteiger partial charge on any atom is 0.329 e. The minimum Gasteiger partial charge on any atom is -0.323 e. The summed E-state index contributed by atoms with van der Waals surface area (Å²) in [6, 6.07) is 0. The highest BCUT2D eigenvalue weighted by atomic mass is 35.5. The molecule has 0 amide bonds. The van der Waals surface area contributed by atoms with E-state index in [1.165, 1.54) is 7.05 Å². The van der Waals surface area contributed by atoms with Crippen LogP contribution in [-0.4, -0.2) is 19.5 Å². The number of imidazole rings is 1. The third-order valence-corrected chi connectivity index (χ3v) is 1.90. The number of fused-ring (bicyclic) bond motifs is 1. The van der Waals surface area contributed by atoms with Gasteiger partial charge in [-0.1, -0.05) is 0 Å². The van der Waals surface area contributed by atoms with E-state index in [0.29, 0.717) is 0 Å². The summed E-state index contributed by atoms with van der Waals surface area (Å²) in [4.78, 5) is 31.1. The normalized spacial score (nSPS) is 10.9. The number of aromatic nitrogens is 4. The van der Waals surface area contributed by atoms with E-state index >= 15 is 0 Å². The molecule has 0 aromatic carbocycles. The van der Waals surface area contributed by atoms with E-state index < -0.39 is 11.2 Å². The summed E-state index contributed by atoms with van der Waals surface area (Å²) in [5.74, 6) is 0. The van der Waals surface area contributed by atoms with Gasteiger partial charge >= 0.3 is 5.69 Å². The Morgan fingerprint density at radius 3 is 2.77 bits per heavy atom. The van der Waals surface area contributed by atoms with Crippen LogP contribution in [-0.2, 0) is 7.05 Å². The summed E-state index contributed by atoms with van der Waals surface area (Å²) in [7, 11) is 1.37. The van der Waals surface area contributed by atoms with Crippen molar-refractivity contribution in [2.45, 2.75) is 0 Å². The Morgan fingerprint density at radius 2 is 2.08 bits per heavy atom. The van der Waals surface area contributed by atoms with E-state index in [2.05, 4.69) is 15.0 Å². The minimum atomic E-state index is -0.513. The Balaban J connectivity index is 3.10. The van der Waals surface area contributed by atoms with Crippen molar-refractivity contribution in [1.82, 2.24) is 19.5 Å². The first-order valence-electron chi connectivity index (χ1n) is 3.44. The number of nitrogens with one attached hydrogen (secondary N) is 2. The molecule has 2 aromatic rings. The standard InChI is InChI=1S/C6H5ClN4O2/c1-11-4(12)2-3(10-6(11)13)9-5(7)8-2/h1H3,(H,8,9)(H,10,13). The summed E-state index contributed by atoms with van der Waals surface area (Å²) < 4.78 is 0.941. The predicted octanol–water partition coefficient (Wildman–Crippen LogP) is -0.397. The van der Waals surface area contributed by atoms with Gasteiger partial charge in [0.1, 0.15) is 0 Å². The van der Waals surface area contributed by atoms with E-state index in [0.717, 1.165) is 4.57 Å². The van der Waals surface area contributed by atoms with Gasteiger partial charge in [-0.15, -0.1) is 0 Å². The van der Waals surface area contributed by atoms with E-state index in [-0.39, 0.29) is 16.4 Å². The number of rotatable bonds is 0. The Bertz CT molecular complexity index is 578. The van der Waals surface area contributed by atoms with Crippen molar-refractivity contribution in [3.8, 4) is 0 Å². The zero-order valence-corrected chi connectivity index (χ0v) is 7.34. The molecule has 0 bridgehead atoms. The van der Waals surface area contributed by atoms with Gasteiger partial charge in [-0.25, -0.2) is 4.79 Å². The quantitative estimate of drug-likeness (QED) is 0.568. The number of nitrogens with zero attached hydrogens (tertiary/aromatic N) is 2. The molecule has 0 unspecified atom stereocenters. The molecule has 0 saturated carbocycles. The molecule has 7 heteroatoms. The molecular weight excluding hydrogens is 196 g/mol. The Hall–Kier alpha value is -1.56. The van der Waals surface area contributed by atoms with Crippen LogP contribution in [0.5, 0.6) is 0 Å². The highest BCUT2D eigenvalue weighted by Gasteiger charge is 2.07. The molecule has 0 aliphatic carbocycles. The average molecular weight is 201 g/mol. The van der Waals surface area contributed by atoms with Crippen LogP contribution < -0.4 is 11.2 Å². The topological polar surface area (TPSA) is 83.5 Å². The van der Waals surface area contributed by atoms with E-state index in [1.54, 1.807) is 0 Å². The molecule has 0 aliphatic rings. The Morgan fingerprint density at radius 1 is 1.38 bits per heavy atom. The molecule has 0 aliphatic heterocycles. The maximum atomic E-state index is 11.4. The molecule has 0 saturated heterocycles. The molecule has 68 valence electrons. The summed E-state index contributed by atoms with van der Waals surface area (Å²) in [6.07, 6.45) is 0. The van der Waals surface area contributed by atoms with Crippen molar-refractivity contribution in [1.29, 1.82) is 0 Å². The first kappa shape index (κ1) is 8.06. The first-order valence-corrected chi connectivity index (χ1v) is 3.82. The third-order valence-electron chi connectivity index (χ3n) is 1.72. The van der Waals surface area contributed by atoms with Crippen LogP contribution >= 0.6 is 11.6 Å². The third kappa shape index (κ3) is 1.06.